The fourth-order valence-electron chi connectivity index (χ4n) is 3.39. The van der Waals surface area contributed by atoms with Gasteiger partial charge in [0.1, 0.15) is 5.69 Å². The number of nitriles is 1. The predicted molar refractivity (Wildman–Crippen MR) is 126 cm³/mol. The fourth-order valence-corrected chi connectivity index (χ4v) is 3.39. The minimum absolute atomic E-state index is 0.109. The zero-order valence-corrected chi connectivity index (χ0v) is 18.2. The van der Waals surface area contributed by atoms with Gasteiger partial charge in [0, 0.05) is 25.9 Å². The Morgan fingerprint density at radius 2 is 1.85 bits per heavy atom. The molecule has 3 N–H and O–H groups in total. The lowest BCUT2D eigenvalue weighted by molar-refractivity contribution is -0.114. The number of nitrogens with one attached hydrogen (secondary N) is 3. The summed E-state index contributed by atoms with van der Waals surface area (Å²) in [5, 5.41) is 17.3. The van der Waals surface area contributed by atoms with Crippen LogP contribution in [0.3, 0.4) is 0 Å². The van der Waals surface area contributed by atoms with Crippen molar-refractivity contribution in [2.45, 2.75) is 13.5 Å². The number of aromatic nitrogens is 3. The van der Waals surface area contributed by atoms with E-state index in [1.165, 1.54) is 30.1 Å². The number of amides is 2. The van der Waals surface area contributed by atoms with E-state index in [1.807, 2.05) is 42.5 Å². The number of carbonyl (C=O) groups excluding carboxylic acids is 2. The van der Waals surface area contributed by atoms with Crippen molar-refractivity contribution >= 4 is 17.5 Å². The van der Waals surface area contributed by atoms with Crippen LogP contribution in [0.2, 0.25) is 0 Å². The van der Waals surface area contributed by atoms with Gasteiger partial charge >= 0.3 is 0 Å². The van der Waals surface area contributed by atoms with Gasteiger partial charge in [-0.1, -0.05) is 42.5 Å². The van der Waals surface area contributed by atoms with Crippen molar-refractivity contribution in [3.63, 3.8) is 0 Å². The van der Waals surface area contributed by atoms with E-state index in [-0.39, 0.29) is 23.3 Å². The molecule has 2 aromatic heterocycles. The summed E-state index contributed by atoms with van der Waals surface area (Å²) in [6.45, 7) is 1.63. The summed E-state index contributed by atoms with van der Waals surface area (Å²) in [7, 11) is 0. The molecule has 4 rings (SSSR count). The Labute approximate surface area is 194 Å². The summed E-state index contributed by atoms with van der Waals surface area (Å²) in [5.41, 5.74) is 3.28. The van der Waals surface area contributed by atoms with E-state index >= 15 is 0 Å². The van der Waals surface area contributed by atoms with Gasteiger partial charge < -0.3 is 10.6 Å². The Morgan fingerprint density at radius 3 is 2.53 bits per heavy atom. The number of anilines is 1. The first-order valence-electron chi connectivity index (χ1n) is 10.4. The molecule has 2 amide bonds. The van der Waals surface area contributed by atoms with Crippen molar-refractivity contribution in [3.05, 3.63) is 100 Å². The Bertz CT molecular complexity index is 1440. The Hall–Kier alpha value is -4.97. The molecule has 0 atom stereocenters. The van der Waals surface area contributed by atoms with Gasteiger partial charge in [-0.15, -0.1) is 0 Å². The second-order valence-electron chi connectivity index (χ2n) is 7.45. The number of hydrogen-bond acceptors (Lipinski definition) is 5. The van der Waals surface area contributed by atoms with Crippen LogP contribution in [0.25, 0.3) is 16.9 Å². The fraction of sp³-hybridized carbons (Fsp3) is 0.0800. The lowest BCUT2D eigenvalue weighted by Gasteiger charge is -2.08. The zero-order valence-electron chi connectivity index (χ0n) is 18.2. The van der Waals surface area contributed by atoms with Crippen LogP contribution in [-0.4, -0.2) is 26.6 Å². The number of nitrogens with zero attached hydrogens (tertiary/aromatic N) is 3. The van der Waals surface area contributed by atoms with Crippen LogP contribution in [0.1, 0.15) is 28.4 Å². The average molecular weight is 452 g/mol. The largest absolute Gasteiger partial charge is 0.348 e. The number of H-pyrrole nitrogens is 1. The van der Waals surface area contributed by atoms with Crippen LogP contribution in [0, 0.1) is 11.3 Å². The third-order valence-electron chi connectivity index (χ3n) is 5.09. The minimum atomic E-state index is -0.458. The van der Waals surface area contributed by atoms with Gasteiger partial charge in [0.15, 0.2) is 5.82 Å². The topological polar surface area (TPSA) is 133 Å². The molecule has 0 saturated carbocycles. The molecule has 0 fully saturated rings. The Balaban J connectivity index is 1.40. The van der Waals surface area contributed by atoms with Crippen molar-refractivity contribution in [1.29, 1.82) is 5.26 Å². The molecular formula is C25H20N6O3. The Kier molecular flexibility index (Phi) is 6.32. The molecule has 4 aromatic rings. The highest BCUT2D eigenvalue weighted by Gasteiger charge is 2.12. The minimum Gasteiger partial charge on any atom is -0.348 e. The summed E-state index contributed by atoms with van der Waals surface area (Å²) in [6, 6.07) is 20.3. The average Bonchev–Trinajstić information content (AvgIpc) is 3.22. The smallest absolute Gasteiger partial charge is 0.296 e. The molecule has 2 heterocycles. The first-order valence-corrected chi connectivity index (χ1v) is 10.4. The second-order valence-corrected chi connectivity index (χ2v) is 7.45. The van der Waals surface area contributed by atoms with Crippen LogP contribution in [0.4, 0.5) is 5.69 Å². The highest BCUT2D eigenvalue weighted by Crippen LogP contribution is 2.23. The van der Waals surface area contributed by atoms with Crippen molar-refractivity contribution in [2.75, 3.05) is 5.32 Å². The normalized spacial score (nSPS) is 10.4. The lowest BCUT2D eigenvalue weighted by atomic mass is 9.99. The second kappa shape index (κ2) is 9.67. The van der Waals surface area contributed by atoms with Crippen LogP contribution in [0.15, 0.2) is 77.9 Å². The maximum absolute atomic E-state index is 12.5. The lowest BCUT2D eigenvalue weighted by Crippen LogP contribution is -2.23. The molecule has 0 radical (unpaired) electrons. The van der Waals surface area contributed by atoms with Crippen LogP contribution in [0.5, 0.6) is 0 Å². The number of rotatable bonds is 6. The van der Waals surface area contributed by atoms with E-state index in [9.17, 15) is 19.6 Å². The van der Waals surface area contributed by atoms with E-state index in [1.54, 1.807) is 12.1 Å². The molecule has 0 aliphatic rings. The number of hydrogen-bond donors (Lipinski definition) is 3. The molecule has 9 heteroatoms. The monoisotopic (exact) mass is 452 g/mol. The third-order valence-corrected chi connectivity index (χ3v) is 5.09. The first-order chi connectivity index (χ1) is 16.5. The number of pyridine rings is 1. The maximum atomic E-state index is 12.5. The molecule has 0 aliphatic carbocycles. The Morgan fingerprint density at radius 1 is 1.09 bits per heavy atom. The number of carbonyl (C=O) groups is 2. The SMILES string of the molecule is CC(=O)Nc1c[nH]n(-c2ccc(C(=O)NCc3ccc(-c4ccccc4C#N)cc3)cn2)c1=O. The number of aromatic amines is 1. The maximum Gasteiger partial charge on any atom is 0.296 e. The molecule has 0 spiro atoms. The van der Waals surface area contributed by atoms with E-state index < -0.39 is 5.56 Å². The zero-order chi connectivity index (χ0) is 24.1. The van der Waals surface area contributed by atoms with Gasteiger partial charge in [0.25, 0.3) is 11.5 Å². The van der Waals surface area contributed by atoms with E-state index in [2.05, 4.69) is 26.8 Å². The molecule has 0 bridgehead atoms. The standard InChI is InChI=1S/C25H20N6O3/c1-16(32)30-22-15-29-31(25(22)34)23-11-10-20(14-27-23)24(33)28-13-17-6-8-18(9-7-17)21-5-3-2-4-19(21)12-26/h2-11,14-15,29H,13H2,1H3,(H,28,33)(H,30,32). The molecule has 2 aromatic carbocycles. The highest BCUT2D eigenvalue weighted by molar-refractivity contribution is 5.94. The highest BCUT2D eigenvalue weighted by atomic mass is 16.2. The summed E-state index contributed by atoms with van der Waals surface area (Å²) >= 11 is 0. The number of benzene rings is 2. The van der Waals surface area contributed by atoms with Gasteiger partial charge in [-0.05, 0) is 34.9 Å². The van der Waals surface area contributed by atoms with E-state index in [0.717, 1.165) is 16.7 Å². The quantitative estimate of drug-likeness (QED) is 0.414. The van der Waals surface area contributed by atoms with Crippen LogP contribution in [-0.2, 0) is 11.3 Å². The van der Waals surface area contributed by atoms with Gasteiger partial charge in [-0.3, -0.25) is 19.5 Å². The van der Waals surface area contributed by atoms with Crippen molar-refractivity contribution in [1.82, 2.24) is 20.1 Å². The summed E-state index contributed by atoms with van der Waals surface area (Å²) in [6.07, 6.45) is 2.74. The molecule has 9 nitrogen and oxygen atoms in total. The van der Waals surface area contributed by atoms with Crippen molar-refractivity contribution in [2.24, 2.45) is 0 Å². The molecule has 34 heavy (non-hydrogen) atoms. The predicted octanol–water partition coefficient (Wildman–Crippen LogP) is 2.99. The van der Waals surface area contributed by atoms with Gasteiger partial charge in [-0.2, -0.15) is 9.94 Å². The van der Waals surface area contributed by atoms with Crippen LogP contribution < -0.4 is 16.2 Å². The first kappa shape index (κ1) is 22.2. The summed E-state index contributed by atoms with van der Waals surface area (Å²) in [5.74, 6) is -0.382. The van der Waals surface area contributed by atoms with E-state index in [4.69, 9.17) is 0 Å². The molecule has 0 unspecified atom stereocenters. The molecule has 0 aliphatic heterocycles. The van der Waals surface area contributed by atoms with Gasteiger partial charge in [0.05, 0.1) is 17.2 Å². The van der Waals surface area contributed by atoms with Crippen LogP contribution >= 0.6 is 0 Å². The molecular weight excluding hydrogens is 432 g/mol. The molecule has 168 valence electrons. The van der Waals surface area contributed by atoms with Crippen molar-refractivity contribution in [3.8, 4) is 23.0 Å². The molecule has 0 saturated heterocycles. The third kappa shape index (κ3) is 4.76. The van der Waals surface area contributed by atoms with Gasteiger partial charge in [0.2, 0.25) is 5.91 Å². The van der Waals surface area contributed by atoms with Crippen molar-refractivity contribution < 1.29 is 9.59 Å². The van der Waals surface area contributed by atoms with E-state index in [0.29, 0.717) is 17.7 Å². The van der Waals surface area contributed by atoms with Gasteiger partial charge in [-0.25, -0.2) is 4.98 Å². The summed E-state index contributed by atoms with van der Waals surface area (Å²) in [4.78, 5) is 40.2. The summed E-state index contributed by atoms with van der Waals surface area (Å²) < 4.78 is 1.17.